The molecule has 0 N–H and O–H groups in total. The quantitative estimate of drug-likeness (QED) is 0.168. The highest BCUT2D eigenvalue weighted by atomic mass is 19.4. The third-order valence-corrected chi connectivity index (χ3v) is 11.4. The molecule has 5 nitrogen and oxygen atoms in total. The Bertz CT molecular complexity index is 3400. The van der Waals surface area contributed by atoms with Crippen molar-refractivity contribution in [3.8, 4) is 56.7 Å². The van der Waals surface area contributed by atoms with E-state index in [0.717, 1.165) is 72.3 Å². The van der Waals surface area contributed by atoms with E-state index in [-0.39, 0.29) is 0 Å². The third kappa shape index (κ3) is 6.23. The number of halogens is 3. The molecule has 0 atom stereocenters. The zero-order chi connectivity index (χ0) is 41.2. The zero-order valence-corrected chi connectivity index (χ0v) is 32.8. The number of rotatable bonds is 6. The van der Waals surface area contributed by atoms with Crippen molar-refractivity contribution >= 4 is 43.6 Å². The number of nitrogens with zero attached hydrogens (tertiary/aromatic N) is 5. The second-order valence-corrected chi connectivity index (χ2v) is 15.3. The first-order valence-electron chi connectivity index (χ1n) is 20.0. The molecule has 0 unspecified atom stereocenters. The van der Waals surface area contributed by atoms with Crippen molar-refractivity contribution < 1.29 is 13.2 Å². The second-order valence-electron chi connectivity index (χ2n) is 15.3. The summed E-state index contributed by atoms with van der Waals surface area (Å²) < 4.78 is 47.5. The van der Waals surface area contributed by atoms with Gasteiger partial charge >= 0.3 is 6.18 Å². The Morgan fingerprint density at radius 1 is 0.393 bits per heavy atom. The van der Waals surface area contributed by atoms with Gasteiger partial charge in [-0.3, -0.25) is 0 Å². The Kier molecular flexibility index (Phi) is 8.42. The third-order valence-electron chi connectivity index (χ3n) is 11.4. The maximum atomic E-state index is 14.4. The maximum Gasteiger partial charge on any atom is 0.416 e. The van der Waals surface area contributed by atoms with Crippen LogP contribution in [0.5, 0.6) is 0 Å². The number of alkyl halides is 3. The maximum absolute atomic E-state index is 14.4. The van der Waals surface area contributed by atoms with Gasteiger partial charge in [-0.2, -0.15) is 13.2 Å². The van der Waals surface area contributed by atoms with Gasteiger partial charge in [-0.25, -0.2) is 15.0 Å². The molecule has 292 valence electrons. The van der Waals surface area contributed by atoms with Gasteiger partial charge in [0.2, 0.25) is 0 Å². The lowest BCUT2D eigenvalue weighted by Gasteiger charge is -2.17. The van der Waals surface area contributed by atoms with Gasteiger partial charge in [0.15, 0.2) is 17.5 Å². The minimum Gasteiger partial charge on any atom is -0.309 e. The largest absolute Gasteiger partial charge is 0.416 e. The summed E-state index contributed by atoms with van der Waals surface area (Å²) in [4.78, 5) is 15.3. The SMILES string of the molecule is Cc1ccc2c3ccc(C(F)(F)F)cc3n(-c3ccc(-c4ccc5c(c4)c4ccccc4n5-c4ccccc4)cc3-c3nc(-c4ccccc4)nc(-c4ccccc4)n3)c2c1. The predicted molar refractivity (Wildman–Crippen MR) is 240 cm³/mol. The Labute approximate surface area is 348 Å². The highest BCUT2D eigenvalue weighted by Crippen LogP contribution is 2.42. The molecule has 0 amide bonds. The summed E-state index contributed by atoms with van der Waals surface area (Å²) in [6.45, 7) is 1.99. The lowest BCUT2D eigenvalue weighted by atomic mass is 9.99. The highest BCUT2D eigenvalue weighted by Gasteiger charge is 2.32. The van der Waals surface area contributed by atoms with Gasteiger partial charge in [0.25, 0.3) is 0 Å². The van der Waals surface area contributed by atoms with E-state index in [1.807, 2.05) is 121 Å². The molecule has 11 rings (SSSR count). The van der Waals surface area contributed by atoms with E-state index >= 15 is 0 Å². The number of hydrogen-bond acceptors (Lipinski definition) is 3. The van der Waals surface area contributed by atoms with Gasteiger partial charge in [0, 0.05) is 43.9 Å². The van der Waals surface area contributed by atoms with Crippen LogP contribution in [0.3, 0.4) is 0 Å². The summed E-state index contributed by atoms with van der Waals surface area (Å²) in [5, 5.41) is 3.77. The minimum absolute atomic E-state index is 0.390. The van der Waals surface area contributed by atoms with Crippen LogP contribution in [0.1, 0.15) is 11.1 Å². The number of para-hydroxylation sites is 2. The normalized spacial score (nSPS) is 11.9. The number of fused-ring (bicyclic) bond motifs is 6. The van der Waals surface area contributed by atoms with Crippen LogP contribution in [0.2, 0.25) is 0 Å². The number of aryl methyl sites for hydroxylation is 1. The van der Waals surface area contributed by atoms with E-state index in [1.165, 1.54) is 6.07 Å². The summed E-state index contributed by atoms with van der Waals surface area (Å²) in [5.41, 5.74) is 9.47. The Hall–Kier alpha value is -7.84. The van der Waals surface area contributed by atoms with Crippen LogP contribution in [0.4, 0.5) is 13.2 Å². The fraction of sp³-hybridized carbons (Fsp3) is 0.0377. The van der Waals surface area contributed by atoms with Crippen LogP contribution in [-0.2, 0) is 6.18 Å². The number of aromatic nitrogens is 5. The Balaban J connectivity index is 1.21. The molecule has 0 aliphatic heterocycles. The molecule has 11 aromatic rings. The Morgan fingerprint density at radius 3 is 1.62 bits per heavy atom. The molecule has 0 saturated heterocycles. The molecule has 0 fully saturated rings. The summed E-state index contributed by atoms with van der Waals surface area (Å²) in [6.07, 6.45) is -4.54. The van der Waals surface area contributed by atoms with Crippen molar-refractivity contribution in [1.29, 1.82) is 0 Å². The summed E-state index contributed by atoms with van der Waals surface area (Å²) in [5.74, 6) is 1.35. The van der Waals surface area contributed by atoms with Crippen molar-refractivity contribution in [3.05, 3.63) is 199 Å². The summed E-state index contributed by atoms with van der Waals surface area (Å²) in [6, 6.07) is 60.8. The first-order chi connectivity index (χ1) is 29.8. The monoisotopic (exact) mass is 797 g/mol. The first-order valence-corrected chi connectivity index (χ1v) is 20.0. The van der Waals surface area contributed by atoms with Gasteiger partial charge in [0.05, 0.1) is 33.3 Å². The summed E-state index contributed by atoms with van der Waals surface area (Å²) in [7, 11) is 0. The van der Waals surface area contributed by atoms with Crippen molar-refractivity contribution in [3.63, 3.8) is 0 Å². The van der Waals surface area contributed by atoms with Crippen molar-refractivity contribution in [2.75, 3.05) is 0 Å². The van der Waals surface area contributed by atoms with E-state index in [9.17, 15) is 13.2 Å². The van der Waals surface area contributed by atoms with Crippen LogP contribution in [0.25, 0.3) is 100 Å². The molecule has 61 heavy (non-hydrogen) atoms. The van der Waals surface area contributed by atoms with Gasteiger partial charge in [-0.05, 0) is 84.3 Å². The smallest absolute Gasteiger partial charge is 0.309 e. The topological polar surface area (TPSA) is 48.5 Å². The van der Waals surface area contributed by atoms with E-state index in [1.54, 1.807) is 6.07 Å². The lowest BCUT2D eigenvalue weighted by Crippen LogP contribution is -2.06. The van der Waals surface area contributed by atoms with Crippen LogP contribution < -0.4 is 0 Å². The average Bonchev–Trinajstić information content (AvgIpc) is 3.80. The standard InChI is InChI=1S/C53H34F3N5/c1-33-21-25-41-42-26-24-38(53(54,55)56)32-49(42)61(48(41)29-33)47-28-23-37(36-22-27-46-43(30-36)40-19-11-12-20-45(40)60(46)39-17-9-4-10-18-39)31-44(47)52-58-50(34-13-5-2-6-14-34)57-51(59-52)35-15-7-3-8-16-35/h2-32H,1H3. The summed E-state index contributed by atoms with van der Waals surface area (Å²) >= 11 is 0. The van der Waals surface area contributed by atoms with E-state index < -0.39 is 11.7 Å². The second kappa shape index (κ2) is 14.2. The molecule has 0 aliphatic rings. The molecule has 0 radical (unpaired) electrons. The van der Waals surface area contributed by atoms with Crippen LogP contribution in [0, 0.1) is 6.92 Å². The average molecular weight is 798 g/mol. The number of hydrogen-bond donors (Lipinski definition) is 0. The van der Waals surface area contributed by atoms with E-state index in [2.05, 4.69) is 65.2 Å². The fourth-order valence-corrected chi connectivity index (χ4v) is 8.59. The molecule has 0 bridgehead atoms. The fourth-order valence-electron chi connectivity index (χ4n) is 8.59. The van der Waals surface area contributed by atoms with Gasteiger partial charge in [-0.1, -0.05) is 127 Å². The molecule has 0 saturated carbocycles. The van der Waals surface area contributed by atoms with Crippen molar-refractivity contribution in [2.24, 2.45) is 0 Å². The van der Waals surface area contributed by atoms with Crippen molar-refractivity contribution in [1.82, 2.24) is 24.1 Å². The lowest BCUT2D eigenvalue weighted by molar-refractivity contribution is -0.137. The Morgan fingerprint density at radius 2 is 0.934 bits per heavy atom. The van der Waals surface area contributed by atoms with Gasteiger partial charge in [-0.15, -0.1) is 0 Å². The highest BCUT2D eigenvalue weighted by molar-refractivity contribution is 6.11. The van der Waals surface area contributed by atoms with Crippen LogP contribution >= 0.6 is 0 Å². The molecule has 0 spiro atoms. The van der Waals surface area contributed by atoms with Crippen molar-refractivity contribution in [2.45, 2.75) is 13.1 Å². The minimum atomic E-state index is -4.54. The molecular formula is C53H34F3N5. The zero-order valence-electron chi connectivity index (χ0n) is 32.8. The van der Waals surface area contributed by atoms with E-state index in [4.69, 9.17) is 15.0 Å². The molecule has 3 heterocycles. The van der Waals surface area contributed by atoms with Gasteiger partial charge < -0.3 is 9.13 Å². The molecule has 0 aliphatic carbocycles. The number of benzene rings is 8. The van der Waals surface area contributed by atoms with Crippen LogP contribution in [0.15, 0.2) is 188 Å². The van der Waals surface area contributed by atoms with E-state index in [0.29, 0.717) is 39.6 Å². The first kappa shape index (κ1) is 36.3. The predicted octanol–water partition coefficient (Wildman–Crippen LogP) is 14.1. The van der Waals surface area contributed by atoms with Gasteiger partial charge in [0.1, 0.15) is 0 Å². The molecule has 3 aromatic heterocycles. The molecular weight excluding hydrogens is 764 g/mol. The molecule has 8 heteroatoms. The molecule has 8 aromatic carbocycles. The van der Waals surface area contributed by atoms with Crippen LogP contribution in [-0.4, -0.2) is 24.1 Å².